The van der Waals surface area contributed by atoms with Gasteiger partial charge in [-0.05, 0) is 43.3 Å². The van der Waals surface area contributed by atoms with Crippen molar-refractivity contribution in [1.82, 2.24) is 4.90 Å². The molecule has 21 heavy (non-hydrogen) atoms. The minimum absolute atomic E-state index is 0.211. The van der Waals surface area contributed by atoms with Gasteiger partial charge in [0, 0.05) is 17.5 Å². The van der Waals surface area contributed by atoms with Crippen LogP contribution in [-0.2, 0) is 6.42 Å². The quantitative estimate of drug-likeness (QED) is 0.836. The number of rotatable bonds is 7. The Balaban J connectivity index is 1.87. The zero-order valence-corrected chi connectivity index (χ0v) is 13.9. The van der Waals surface area contributed by atoms with Gasteiger partial charge in [0.15, 0.2) is 0 Å². The van der Waals surface area contributed by atoms with Crippen LogP contribution >= 0.6 is 11.3 Å². The van der Waals surface area contributed by atoms with Gasteiger partial charge in [-0.2, -0.15) is 0 Å². The maximum absolute atomic E-state index is 10.5. The van der Waals surface area contributed by atoms with Crippen molar-refractivity contribution in [3.63, 3.8) is 0 Å². The maximum Gasteiger partial charge on any atom is 0.0827 e. The average molecular weight is 303 g/mol. The number of hydrogen-bond donors (Lipinski definition) is 1. The van der Waals surface area contributed by atoms with E-state index < -0.39 is 6.10 Å². The van der Waals surface area contributed by atoms with Gasteiger partial charge < -0.3 is 10.0 Å². The van der Waals surface area contributed by atoms with Gasteiger partial charge in [0.2, 0.25) is 0 Å². The summed E-state index contributed by atoms with van der Waals surface area (Å²) in [4.78, 5) is 3.77. The highest BCUT2D eigenvalue weighted by Gasteiger charge is 2.20. The fourth-order valence-electron chi connectivity index (χ4n) is 2.59. The first-order valence-electron chi connectivity index (χ1n) is 7.53. The molecule has 2 nitrogen and oxygen atoms in total. The molecule has 0 aliphatic rings. The average Bonchev–Trinajstić information content (AvgIpc) is 3.00. The Labute approximate surface area is 132 Å². The van der Waals surface area contributed by atoms with Crippen molar-refractivity contribution < 1.29 is 5.11 Å². The number of nitrogens with zero attached hydrogens (tertiary/aromatic N) is 1. The van der Waals surface area contributed by atoms with E-state index in [0.717, 1.165) is 18.5 Å². The Morgan fingerprint density at radius 1 is 1.10 bits per heavy atom. The summed E-state index contributed by atoms with van der Waals surface area (Å²) in [5.74, 6) is 0.211. The zero-order chi connectivity index (χ0) is 15.2. The van der Waals surface area contributed by atoms with Gasteiger partial charge in [0.1, 0.15) is 0 Å². The largest absolute Gasteiger partial charge is 0.388 e. The lowest BCUT2D eigenvalue weighted by Gasteiger charge is -2.29. The Morgan fingerprint density at radius 2 is 1.81 bits per heavy atom. The van der Waals surface area contributed by atoms with Crippen LogP contribution in [0.15, 0.2) is 47.8 Å². The summed E-state index contributed by atoms with van der Waals surface area (Å²) in [5.41, 5.74) is 1.00. The van der Waals surface area contributed by atoms with Crippen LogP contribution < -0.4 is 0 Å². The van der Waals surface area contributed by atoms with Crippen LogP contribution in [0, 0.1) is 5.92 Å². The molecule has 2 aromatic rings. The lowest BCUT2D eigenvalue weighted by atomic mass is 9.96. The highest BCUT2D eigenvalue weighted by Crippen LogP contribution is 2.23. The molecule has 1 N–H and O–H groups in total. The van der Waals surface area contributed by atoms with Gasteiger partial charge in [0.05, 0.1) is 6.10 Å². The van der Waals surface area contributed by atoms with Crippen LogP contribution in [0.5, 0.6) is 0 Å². The summed E-state index contributed by atoms with van der Waals surface area (Å²) in [6.45, 7) is 5.26. The summed E-state index contributed by atoms with van der Waals surface area (Å²) in [5, 5.41) is 12.6. The molecule has 0 aliphatic carbocycles. The van der Waals surface area contributed by atoms with Crippen LogP contribution in [0.1, 0.15) is 30.4 Å². The van der Waals surface area contributed by atoms with Crippen LogP contribution in [-0.4, -0.2) is 29.6 Å². The molecule has 0 radical (unpaired) electrons. The van der Waals surface area contributed by atoms with E-state index in [1.165, 1.54) is 4.88 Å². The third kappa shape index (κ3) is 4.67. The SMILES string of the molecule is CC(CN(C)C(C)Cc1cccs1)C(O)c1ccccc1. The molecule has 2 rings (SSSR count). The Morgan fingerprint density at radius 3 is 2.43 bits per heavy atom. The number of thiophene rings is 1. The van der Waals surface area contributed by atoms with Crippen molar-refractivity contribution in [2.75, 3.05) is 13.6 Å². The first-order valence-corrected chi connectivity index (χ1v) is 8.41. The van der Waals surface area contributed by atoms with Gasteiger partial charge in [0.25, 0.3) is 0 Å². The highest BCUT2D eigenvalue weighted by atomic mass is 32.1. The molecule has 0 aliphatic heterocycles. The third-order valence-electron chi connectivity index (χ3n) is 4.09. The van der Waals surface area contributed by atoms with E-state index >= 15 is 0 Å². The molecule has 3 heteroatoms. The van der Waals surface area contributed by atoms with Crippen molar-refractivity contribution in [2.45, 2.75) is 32.4 Å². The minimum atomic E-state index is -0.400. The molecule has 1 aromatic carbocycles. The fraction of sp³-hybridized carbons (Fsp3) is 0.444. The molecule has 1 aromatic heterocycles. The van der Waals surface area contributed by atoms with E-state index in [0.29, 0.717) is 6.04 Å². The van der Waals surface area contributed by atoms with Crippen molar-refractivity contribution >= 4 is 11.3 Å². The highest BCUT2D eigenvalue weighted by molar-refractivity contribution is 7.09. The van der Waals surface area contributed by atoms with Crippen molar-refractivity contribution in [3.8, 4) is 0 Å². The molecule has 0 amide bonds. The Bertz CT molecular complexity index is 511. The van der Waals surface area contributed by atoms with Crippen molar-refractivity contribution in [1.29, 1.82) is 0 Å². The molecule has 1 heterocycles. The number of aliphatic hydroxyl groups excluding tert-OH is 1. The molecular formula is C18H25NOS. The smallest absolute Gasteiger partial charge is 0.0827 e. The molecule has 0 bridgehead atoms. The Kier molecular flexibility index (Phi) is 5.97. The molecule has 0 saturated carbocycles. The predicted octanol–water partition coefficient (Wildman–Crippen LogP) is 3.98. The van der Waals surface area contributed by atoms with Crippen LogP contribution in [0.2, 0.25) is 0 Å². The van der Waals surface area contributed by atoms with Gasteiger partial charge >= 0.3 is 0 Å². The van der Waals surface area contributed by atoms with Gasteiger partial charge in [-0.3, -0.25) is 0 Å². The third-order valence-corrected chi connectivity index (χ3v) is 4.98. The van der Waals surface area contributed by atoms with Gasteiger partial charge in [-0.25, -0.2) is 0 Å². The van der Waals surface area contributed by atoms with Crippen molar-refractivity contribution in [2.24, 2.45) is 5.92 Å². The molecule has 0 spiro atoms. The topological polar surface area (TPSA) is 23.5 Å². The predicted molar refractivity (Wildman–Crippen MR) is 90.7 cm³/mol. The normalized spacial score (nSPS) is 15.9. The summed E-state index contributed by atoms with van der Waals surface area (Å²) < 4.78 is 0. The lowest BCUT2D eigenvalue weighted by Crippen LogP contribution is -2.35. The molecule has 3 unspecified atom stereocenters. The first-order chi connectivity index (χ1) is 10.1. The van der Waals surface area contributed by atoms with E-state index in [-0.39, 0.29) is 5.92 Å². The number of aliphatic hydroxyl groups is 1. The van der Waals surface area contributed by atoms with Crippen molar-refractivity contribution in [3.05, 3.63) is 58.3 Å². The summed E-state index contributed by atoms with van der Waals surface area (Å²) >= 11 is 1.81. The number of likely N-dealkylation sites (N-methyl/N-ethyl adjacent to an activating group) is 1. The number of hydrogen-bond acceptors (Lipinski definition) is 3. The van der Waals surface area contributed by atoms with Crippen LogP contribution in [0.4, 0.5) is 0 Å². The van der Waals surface area contributed by atoms with E-state index in [1.807, 2.05) is 41.7 Å². The minimum Gasteiger partial charge on any atom is -0.388 e. The molecule has 114 valence electrons. The Hall–Kier alpha value is -1.16. The fourth-order valence-corrected chi connectivity index (χ4v) is 3.41. The summed E-state index contributed by atoms with van der Waals surface area (Å²) in [7, 11) is 2.15. The van der Waals surface area contributed by atoms with Crippen LogP contribution in [0.25, 0.3) is 0 Å². The standard InChI is InChI=1S/C18H25NOS/c1-14(18(20)16-8-5-4-6-9-16)13-19(3)15(2)12-17-10-7-11-21-17/h4-11,14-15,18,20H,12-13H2,1-3H3. The van der Waals surface area contributed by atoms with Crippen LogP contribution in [0.3, 0.4) is 0 Å². The van der Waals surface area contributed by atoms with E-state index in [9.17, 15) is 5.11 Å². The second-order valence-corrected chi connectivity index (χ2v) is 6.94. The second kappa shape index (κ2) is 7.74. The van der Waals surface area contributed by atoms with E-state index in [2.05, 4.69) is 43.3 Å². The molecular weight excluding hydrogens is 278 g/mol. The zero-order valence-electron chi connectivity index (χ0n) is 13.1. The molecule has 3 atom stereocenters. The van der Waals surface area contributed by atoms with Gasteiger partial charge in [-0.1, -0.05) is 43.3 Å². The van der Waals surface area contributed by atoms with Gasteiger partial charge in [-0.15, -0.1) is 11.3 Å². The summed E-state index contributed by atoms with van der Waals surface area (Å²) in [6, 6.07) is 14.7. The monoisotopic (exact) mass is 303 g/mol. The second-order valence-electron chi connectivity index (χ2n) is 5.90. The van der Waals surface area contributed by atoms with E-state index in [1.54, 1.807) is 0 Å². The van der Waals surface area contributed by atoms with E-state index in [4.69, 9.17) is 0 Å². The molecule has 0 fully saturated rings. The molecule has 0 saturated heterocycles. The lowest BCUT2D eigenvalue weighted by molar-refractivity contribution is 0.0857. The first kappa shape index (κ1) is 16.2. The maximum atomic E-state index is 10.5. The summed E-state index contributed by atoms with van der Waals surface area (Å²) in [6.07, 6.45) is 0.671. The number of benzene rings is 1.